The molecule has 102 valence electrons. The number of piperazine rings is 1. The summed E-state index contributed by atoms with van der Waals surface area (Å²) < 4.78 is 0. The van der Waals surface area contributed by atoms with E-state index >= 15 is 0 Å². The molecule has 2 rings (SSSR count). The van der Waals surface area contributed by atoms with Crippen LogP contribution in [0.1, 0.15) is 25.3 Å². The van der Waals surface area contributed by atoms with Crippen LogP contribution in [0.5, 0.6) is 5.75 Å². The normalized spacial score (nSPS) is 19.4. The van der Waals surface area contributed by atoms with Gasteiger partial charge in [0.05, 0.1) is 6.54 Å². The van der Waals surface area contributed by atoms with E-state index in [1.165, 1.54) is 0 Å². The van der Waals surface area contributed by atoms with Crippen LogP contribution in [-0.4, -0.2) is 34.4 Å². The molecule has 1 fully saturated rings. The van der Waals surface area contributed by atoms with Gasteiger partial charge in [0.2, 0.25) is 11.8 Å². The number of amides is 2. The van der Waals surface area contributed by atoms with Gasteiger partial charge in [0.25, 0.3) is 0 Å². The maximum atomic E-state index is 12.0. The molecule has 1 aliphatic rings. The van der Waals surface area contributed by atoms with Crippen molar-refractivity contribution in [2.45, 2.75) is 32.4 Å². The summed E-state index contributed by atoms with van der Waals surface area (Å²) >= 11 is 0. The molecular weight excluding hydrogens is 244 g/mol. The Balaban J connectivity index is 2.16. The highest BCUT2D eigenvalue weighted by molar-refractivity contribution is 5.94. The van der Waals surface area contributed by atoms with E-state index in [0.717, 1.165) is 12.0 Å². The Hall–Kier alpha value is -2.04. The Morgan fingerprint density at radius 1 is 1.32 bits per heavy atom. The molecular formula is C14H18N2O3. The first kappa shape index (κ1) is 13.4. The summed E-state index contributed by atoms with van der Waals surface area (Å²) in [7, 11) is 0. The van der Waals surface area contributed by atoms with E-state index in [0.29, 0.717) is 13.0 Å². The molecule has 5 nitrogen and oxygen atoms in total. The third-order valence-electron chi connectivity index (χ3n) is 3.26. The Labute approximate surface area is 112 Å². The molecule has 1 heterocycles. The summed E-state index contributed by atoms with van der Waals surface area (Å²) in [6, 6.07) is 6.30. The van der Waals surface area contributed by atoms with E-state index in [2.05, 4.69) is 5.32 Å². The number of nitrogens with one attached hydrogen (secondary N) is 1. The van der Waals surface area contributed by atoms with E-state index < -0.39 is 0 Å². The molecule has 1 aromatic carbocycles. The molecule has 1 aromatic rings. The fourth-order valence-corrected chi connectivity index (χ4v) is 2.25. The summed E-state index contributed by atoms with van der Waals surface area (Å²) in [5.74, 6) is 0.0444. The lowest BCUT2D eigenvalue weighted by Gasteiger charge is -2.35. The highest BCUT2D eigenvalue weighted by Gasteiger charge is 2.33. The minimum absolute atomic E-state index is 0.0638. The molecule has 19 heavy (non-hydrogen) atoms. The smallest absolute Gasteiger partial charge is 0.243 e. The number of phenols is 1. The first-order chi connectivity index (χ1) is 9.11. The summed E-state index contributed by atoms with van der Waals surface area (Å²) in [6.07, 6.45) is 1.51. The number of rotatable bonds is 4. The van der Waals surface area contributed by atoms with Crippen molar-refractivity contribution < 1.29 is 14.7 Å². The van der Waals surface area contributed by atoms with Gasteiger partial charge in [0.1, 0.15) is 11.8 Å². The van der Waals surface area contributed by atoms with Gasteiger partial charge < -0.3 is 15.3 Å². The molecule has 2 N–H and O–H groups in total. The second-order valence-corrected chi connectivity index (χ2v) is 4.71. The molecule has 1 saturated heterocycles. The van der Waals surface area contributed by atoms with E-state index in [1.54, 1.807) is 29.2 Å². The van der Waals surface area contributed by atoms with Crippen molar-refractivity contribution in [2.24, 2.45) is 0 Å². The van der Waals surface area contributed by atoms with Gasteiger partial charge in [-0.05, 0) is 24.1 Å². The van der Waals surface area contributed by atoms with Gasteiger partial charge in [-0.3, -0.25) is 9.59 Å². The van der Waals surface area contributed by atoms with Crippen molar-refractivity contribution in [1.29, 1.82) is 0 Å². The maximum absolute atomic E-state index is 12.0. The molecule has 2 amide bonds. The number of carbonyl (C=O) groups excluding carboxylic acids is 2. The fourth-order valence-electron chi connectivity index (χ4n) is 2.25. The largest absolute Gasteiger partial charge is 0.508 e. The molecule has 1 unspecified atom stereocenters. The number of hydrogen-bond acceptors (Lipinski definition) is 3. The zero-order valence-corrected chi connectivity index (χ0v) is 10.9. The SMILES string of the molecule is CCCC1C(=O)NCC(=O)N1Cc1ccc(O)cc1. The summed E-state index contributed by atoms with van der Waals surface area (Å²) in [5.41, 5.74) is 0.905. The van der Waals surface area contributed by atoms with Gasteiger partial charge in [-0.25, -0.2) is 0 Å². The van der Waals surface area contributed by atoms with Crippen molar-refractivity contribution in [3.63, 3.8) is 0 Å². The molecule has 0 spiro atoms. The van der Waals surface area contributed by atoms with Crippen molar-refractivity contribution in [2.75, 3.05) is 6.54 Å². The lowest BCUT2D eigenvalue weighted by Crippen LogP contribution is -2.57. The highest BCUT2D eigenvalue weighted by atomic mass is 16.3. The number of hydrogen-bond donors (Lipinski definition) is 2. The Morgan fingerprint density at radius 2 is 2.00 bits per heavy atom. The molecule has 0 radical (unpaired) electrons. The number of carbonyl (C=O) groups is 2. The summed E-state index contributed by atoms with van der Waals surface area (Å²) in [4.78, 5) is 25.4. The van der Waals surface area contributed by atoms with Crippen molar-refractivity contribution in [3.05, 3.63) is 29.8 Å². The summed E-state index contributed by atoms with van der Waals surface area (Å²) in [6.45, 7) is 2.46. The Kier molecular flexibility index (Phi) is 4.04. The van der Waals surface area contributed by atoms with Gasteiger partial charge in [-0.2, -0.15) is 0 Å². The third-order valence-corrected chi connectivity index (χ3v) is 3.26. The number of benzene rings is 1. The van der Waals surface area contributed by atoms with Crippen molar-refractivity contribution in [3.8, 4) is 5.75 Å². The summed E-state index contributed by atoms with van der Waals surface area (Å²) in [5, 5.41) is 11.9. The van der Waals surface area contributed by atoms with Gasteiger partial charge in [0, 0.05) is 6.54 Å². The lowest BCUT2D eigenvalue weighted by atomic mass is 10.1. The van der Waals surface area contributed by atoms with Crippen LogP contribution in [0.25, 0.3) is 0 Å². The van der Waals surface area contributed by atoms with E-state index in [4.69, 9.17) is 0 Å². The highest BCUT2D eigenvalue weighted by Crippen LogP contribution is 2.17. The molecule has 0 bridgehead atoms. The average Bonchev–Trinajstić information content (AvgIpc) is 2.40. The first-order valence-electron chi connectivity index (χ1n) is 6.47. The number of nitrogens with zero attached hydrogens (tertiary/aromatic N) is 1. The predicted molar refractivity (Wildman–Crippen MR) is 70.4 cm³/mol. The second kappa shape index (κ2) is 5.73. The first-order valence-corrected chi connectivity index (χ1v) is 6.47. The minimum atomic E-state index is -0.389. The van der Waals surface area contributed by atoms with Crippen LogP contribution in [0.15, 0.2) is 24.3 Å². The standard InChI is InChI=1S/C14H18N2O3/c1-2-3-12-14(19)15-8-13(18)16(12)9-10-4-6-11(17)7-5-10/h4-7,12,17H,2-3,8-9H2,1H3,(H,15,19). The van der Waals surface area contributed by atoms with Gasteiger partial charge in [-0.15, -0.1) is 0 Å². The number of aromatic hydroxyl groups is 1. The van der Waals surface area contributed by atoms with Crippen molar-refractivity contribution in [1.82, 2.24) is 10.2 Å². The van der Waals surface area contributed by atoms with E-state index in [-0.39, 0.29) is 30.2 Å². The van der Waals surface area contributed by atoms with Crippen LogP contribution in [0, 0.1) is 0 Å². The van der Waals surface area contributed by atoms with Crippen LogP contribution in [0.3, 0.4) is 0 Å². The predicted octanol–water partition coefficient (Wildman–Crippen LogP) is 1.02. The van der Waals surface area contributed by atoms with Crippen LogP contribution in [-0.2, 0) is 16.1 Å². The van der Waals surface area contributed by atoms with Crippen LogP contribution < -0.4 is 5.32 Å². The molecule has 0 aliphatic carbocycles. The Bertz CT molecular complexity index is 470. The zero-order valence-electron chi connectivity index (χ0n) is 10.9. The average molecular weight is 262 g/mol. The van der Waals surface area contributed by atoms with Crippen LogP contribution in [0.4, 0.5) is 0 Å². The molecule has 1 aliphatic heterocycles. The van der Waals surface area contributed by atoms with E-state index in [9.17, 15) is 14.7 Å². The van der Waals surface area contributed by atoms with Crippen LogP contribution in [0.2, 0.25) is 0 Å². The van der Waals surface area contributed by atoms with Gasteiger partial charge >= 0.3 is 0 Å². The third kappa shape index (κ3) is 3.05. The fraction of sp³-hybridized carbons (Fsp3) is 0.429. The lowest BCUT2D eigenvalue weighted by molar-refractivity contribution is -0.146. The zero-order chi connectivity index (χ0) is 13.8. The Morgan fingerprint density at radius 3 is 2.63 bits per heavy atom. The minimum Gasteiger partial charge on any atom is -0.508 e. The number of phenolic OH excluding ortho intramolecular Hbond substituents is 1. The molecule has 5 heteroatoms. The molecule has 0 aromatic heterocycles. The van der Waals surface area contributed by atoms with Crippen molar-refractivity contribution >= 4 is 11.8 Å². The van der Waals surface area contributed by atoms with Crippen LogP contribution >= 0.6 is 0 Å². The molecule has 0 saturated carbocycles. The second-order valence-electron chi connectivity index (χ2n) is 4.71. The van der Waals surface area contributed by atoms with Gasteiger partial charge in [-0.1, -0.05) is 25.5 Å². The maximum Gasteiger partial charge on any atom is 0.243 e. The monoisotopic (exact) mass is 262 g/mol. The topological polar surface area (TPSA) is 69.6 Å². The van der Waals surface area contributed by atoms with Gasteiger partial charge in [0.15, 0.2) is 0 Å². The quantitative estimate of drug-likeness (QED) is 0.851. The van der Waals surface area contributed by atoms with E-state index in [1.807, 2.05) is 6.92 Å². The molecule has 1 atom stereocenters.